The van der Waals surface area contributed by atoms with Crippen molar-refractivity contribution in [2.45, 2.75) is 31.5 Å². The normalized spacial score (nSPS) is 13.3. The number of nitrogens with two attached hydrogens (primary N) is 1. The number of benzene rings is 2. The molecule has 28 heavy (non-hydrogen) atoms. The van der Waals surface area contributed by atoms with Gasteiger partial charge in [-0.1, -0.05) is 23.4 Å². The number of nitrogens with zero attached hydrogens (tertiary/aromatic N) is 3. The molecule has 1 heterocycles. The smallest absolute Gasteiger partial charge is 0.399 e. The number of rotatable bonds is 3. The third-order valence-corrected chi connectivity index (χ3v) is 4.36. The van der Waals surface area contributed by atoms with Gasteiger partial charge in [-0.2, -0.15) is 26.3 Å². The van der Waals surface area contributed by atoms with Crippen LogP contribution < -0.4 is 5.73 Å². The van der Waals surface area contributed by atoms with E-state index in [1.165, 1.54) is 4.68 Å². The minimum Gasteiger partial charge on any atom is -0.399 e. The highest BCUT2D eigenvalue weighted by atomic mass is 19.4. The highest BCUT2D eigenvalue weighted by molar-refractivity contribution is 5.75. The zero-order valence-corrected chi connectivity index (χ0v) is 14.2. The molecule has 3 aromatic rings. The molecule has 0 unspecified atom stereocenters. The standard InChI is InChI=1S/C17H13F7N4/c1-9-6-10(2-4-12(9)25)8-28-14-5-3-11(7-13(14)26-27-28)15(18,16(19,20)21)17(22,23)24/h2-7H,8,25H2,1H3. The fraction of sp³-hybridized carbons (Fsp3) is 0.294. The largest absolute Gasteiger partial charge is 0.435 e. The van der Waals surface area contributed by atoms with Crippen LogP contribution in [-0.2, 0) is 12.2 Å². The lowest BCUT2D eigenvalue weighted by Gasteiger charge is -2.30. The van der Waals surface area contributed by atoms with Crippen molar-refractivity contribution in [3.8, 4) is 0 Å². The van der Waals surface area contributed by atoms with Crippen LogP contribution in [0, 0.1) is 6.92 Å². The van der Waals surface area contributed by atoms with Gasteiger partial charge in [0, 0.05) is 11.3 Å². The highest BCUT2D eigenvalue weighted by Gasteiger charge is 2.73. The molecule has 0 radical (unpaired) electrons. The van der Waals surface area contributed by atoms with Crippen LogP contribution in [0.5, 0.6) is 0 Å². The van der Waals surface area contributed by atoms with Gasteiger partial charge in [0.25, 0.3) is 0 Å². The fourth-order valence-electron chi connectivity index (χ4n) is 2.80. The van der Waals surface area contributed by atoms with E-state index in [2.05, 4.69) is 10.3 Å². The summed E-state index contributed by atoms with van der Waals surface area (Å²) in [5.74, 6) is 0. The van der Waals surface area contributed by atoms with Crippen LogP contribution in [0.4, 0.5) is 36.4 Å². The quantitative estimate of drug-likeness (QED) is 0.509. The summed E-state index contributed by atoms with van der Waals surface area (Å²) >= 11 is 0. The number of nitrogen functional groups attached to an aromatic ring is 1. The van der Waals surface area contributed by atoms with Crippen LogP contribution in [0.25, 0.3) is 11.0 Å². The molecule has 0 spiro atoms. The van der Waals surface area contributed by atoms with Crippen LogP contribution >= 0.6 is 0 Å². The molecule has 4 nitrogen and oxygen atoms in total. The first kappa shape index (κ1) is 19.9. The van der Waals surface area contributed by atoms with Crippen molar-refractivity contribution in [2.75, 3.05) is 5.73 Å². The predicted molar refractivity (Wildman–Crippen MR) is 87.1 cm³/mol. The highest BCUT2D eigenvalue weighted by Crippen LogP contribution is 2.53. The number of hydrogen-bond donors (Lipinski definition) is 1. The number of fused-ring (bicyclic) bond motifs is 1. The van der Waals surface area contributed by atoms with Crippen LogP contribution in [0.1, 0.15) is 16.7 Å². The second-order valence-electron chi connectivity index (χ2n) is 6.30. The van der Waals surface area contributed by atoms with Gasteiger partial charge >= 0.3 is 18.0 Å². The Morgan fingerprint density at radius 3 is 2.14 bits per heavy atom. The molecule has 2 N–H and O–H groups in total. The van der Waals surface area contributed by atoms with E-state index >= 15 is 0 Å². The Labute approximate surface area is 153 Å². The molecule has 0 aliphatic heterocycles. The van der Waals surface area contributed by atoms with Crippen LogP contribution in [-0.4, -0.2) is 27.3 Å². The topological polar surface area (TPSA) is 56.7 Å². The van der Waals surface area contributed by atoms with Gasteiger partial charge in [-0.3, -0.25) is 0 Å². The van der Waals surface area contributed by atoms with E-state index < -0.39 is 23.6 Å². The number of halogens is 7. The van der Waals surface area contributed by atoms with Gasteiger partial charge in [0.15, 0.2) is 0 Å². The summed E-state index contributed by atoms with van der Waals surface area (Å²) in [5.41, 5.74) is 0.585. The van der Waals surface area contributed by atoms with Gasteiger partial charge in [-0.15, -0.1) is 5.10 Å². The number of aromatic nitrogens is 3. The lowest BCUT2D eigenvalue weighted by atomic mass is 9.94. The summed E-state index contributed by atoms with van der Waals surface area (Å²) in [4.78, 5) is 0. The second kappa shape index (κ2) is 6.35. The molecule has 0 saturated heterocycles. The molecular weight excluding hydrogens is 393 g/mol. The molecule has 150 valence electrons. The van der Waals surface area contributed by atoms with Crippen molar-refractivity contribution in [3.05, 3.63) is 53.1 Å². The molecule has 3 rings (SSSR count). The molecule has 11 heteroatoms. The summed E-state index contributed by atoms with van der Waals surface area (Å²) in [6.45, 7) is 1.93. The lowest BCUT2D eigenvalue weighted by Crippen LogP contribution is -2.50. The molecule has 2 aromatic carbocycles. The maximum Gasteiger partial charge on any atom is 0.435 e. The van der Waals surface area contributed by atoms with E-state index in [-0.39, 0.29) is 17.6 Å². The number of anilines is 1. The van der Waals surface area contributed by atoms with Gasteiger partial charge in [0.05, 0.1) is 12.1 Å². The summed E-state index contributed by atoms with van der Waals surface area (Å²) in [7, 11) is 0. The van der Waals surface area contributed by atoms with Crippen molar-refractivity contribution in [1.29, 1.82) is 0 Å². The average Bonchev–Trinajstić information content (AvgIpc) is 2.97. The Morgan fingerprint density at radius 2 is 1.57 bits per heavy atom. The predicted octanol–water partition coefficient (Wildman–Crippen LogP) is 4.66. The molecule has 0 fully saturated rings. The van der Waals surface area contributed by atoms with E-state index in [1.54, 1.807) is 25.1 Å². The van der Waals surface area contributed by atoms with E-state index in [4.69, 9.17) is 5.73 Å². The van der Waals surface area contributed by atoms with Gasteiger partial charge < -0.3 is 5.73 Å². The monoisotopic (exact) mass is 406 g/mol. The zero-order valence-electron chi connectivity index (χ0n) is 14.2. The SMILES string of the molecule is Cc1cc(Cn2nnc3cc(C(F)(C(F)(F)F)C(F)(F)F)ccc32)ccc1N. The van der Waals surface area contributed by atoms with Crippen molar-refractivity contribution < 1.29 is 30.7 Å². The minimum absolute atomic E-state index is 0.149. The van der Waals surface area contributed by atoms with Gasteiger partial charge in [-0.25, -0.2) is 9.07 Å². The Balaban J connectivity index is 2.03. The van der Waals surface area contributed by atoms with Crippen molar-refractivity contribution in [1.82, 2.24) is 15.0 Å². The molecule has 1 aromatic heterocycles. The van der Waals surface area contributed by atoms with Gasteiger partial charge in [0.2, 0.25) is 0 Å². The van der Waals surface area contributed by atoms with Crippen LogP contribution in [0.15, 0.2) is 36.4 Å². The van der Waals surface area contributed by atoms with E-state index in [0.717, 1.165) is 17.2 Å². The van der Waals surface area contributed by atoms with E-state index in [0.29, 0.717) is 17.8 Å². The molecular formula is C17H13F7N4. The van der Waals surface area contributed by atoms with E-state index in [9.17, 15) is 30.7 Å². The first-order chi connectivity index (χ1) is 12.8. The minimum atomic E-state index is -6.18. The summed E-state index contributed by atoms with van der Waals surface area (Å²) < 4.78 is 92.9. The maximum absolute atomic E-state index is 14.2. The molecule has 0 aliphatic rings. The van der Waals surface area contributed by atoms with Crippen molar-refractivity contribution >= 4 is 16.7 Å². The zero-order chi connectivity index (χ0) is 20.9. The molecule has 0 saturated carbocycles. The fourth-order valence-corrected chi connectivity index (χ4v) is 2.80. The Kier molecular flexibility index (Phi) is 4.51. The van der Waals surface area contributed by atoms with E-state index in [1.807, 2.05) is 0 Å². The van der Waals surface area contributed by atoms with Crippen LogP contribution in [0.2, 0.25) is 0 Å². The number of aryl methyl sites for hydroxylation is 1. The molecule has 0 amide bonds. The first-order valence-corrected chi connectivity index (χ1v) is 7.85. The summed E-state index contributed by atoms with van der Waals surface area (Å²) in [6, 6.07) is 6.90. The van der Waals surface area contributed by atoms with Crippen molar-refractivity contribution in [2.24, 2.45) is 0 Å². The maximum atomic E-state index is 14.2. The molecule has 0 atom stereocenters. The third-order valence-electron chi connectivity index (χ3n) is 4.36. The van der Waals surface area contributed by atoms with Crippen LogP contribution in [0.3, 0.4) is 0 Å². The van der Waals surface area contributed by atoms with Gasteiger partial charge in [-0.05, 0) is 36.2 Å². The molecule has 0 aliphatic carbocycles. The average molecular weight is 406 g/mol. The molecule has 0 bridgehead atoms. The summed E-state index contributed by atoms with van der Waals surface area (Å²) in [6.07, 6.45) is -12.4. The van der Waals surface area contributed by atoms with Crippen molar-refractivity contribution in [3.63, 3.8) is 0 Å². The first-order valence-electron chi connectivity index (χ1n) is 7.85. The van der Waals surface area contributed by atoms with Gasteiger partial charge in [0.1, 0.15) is 5.52 Å². The summed E-state index contributed by atoms with van der Waals surface area (Å²) in [5, 5.41) is 7.32. The third kappa shape index (κ3) is 3.14. The number of hydrogen-bond acceptors (Lipinski definition) is 3. The Bertz CT molecular complexity index is 1010. The number of alkyl halides is 7. The lowest BCUT2D eigenvalue weighted by molar-refractivity contribution is -0.348. The Hall–Kier alpha value is -2.85. The second-order valence-corrected chi connectivity index (χ2v) is 6.30. The Morgan fingerprint density at radius 1 is 0.929 bits per heavy atom.